The van der Waals surface area contributed by atoms with Crippen molar-refractivity contribution in [2.45, 2.75) is 33.1 Å². The summed E-state index contributed by atoms with van der Waals surface area (Å²) in [6, 6.07) is 3.69. The summed E-state index contributed by atoms with van der Waals surface area (Å²) < 4.78 is 6.49. The molecule has 0 fully saturated rings. The van der Waals surface area contributed by atoms with Crippen LogP contribution in [0.15, 0.2) is 12.1 Å². The summed E-state index contributed by atoms with van der Waals surface area (Å²) in [4.78, 5) is 16.1. The number of benzene rings is 1. The molecular formula is C14H19N3O2S. The molecular weight excluding hydrogens is 274 g/mol. The van der Waals surface area contributed by atoms with Crippen molar-refractivity contribution in [3.8, 4) is 5.75 Å². The fraction of sp³-hybridized carbons (Fsp3) is 0.429. The van der Waals surface area contributed by atoms with Crippen LogP contribution in [0.5, 0.6) is 5.75 Å². The number of rotatable bonds is 6. The van der Waals surface area contributed by atoms with E-state index in [4.69, 9.17) is 10.5 Å². The third kappa shape index (κ3) is 3.39. The molecule has 0 saturated carbocycles. The van der Waals surface area contributed by atoms with Crippen LogP contribution in [0.25, 0.3) is 10.2 Å². The Kier molecular flexibility index (Phi) is 4.79. The number of carbonyl (C=O) groups excluding carboxylic acids is 1. The Hall–Kier alpha value is -1.82. The maximum Gasteiger partial charge on any atom is 0.224 e. The van der Waals surface area contributed by atoms with Crippen LogP contribution in [0.1, 0.15) is 33.1 Å². The molecule has 2 rings (SSSR count). The van der Waals surface area contributed by atoms with Crippen LogP contribution in [0.2, 0.25) is 0 Å². The van der Waals surface area contributed by atoms with Crippen molar-refractivity contribution in [3.63, 3.8) is 0 Å². The number of nitrogens with two attached hydrogens (primary N) is 1. The summed E-state index contributed by atoms with van der Waals surface area (Å²) >= 11 is 1.39. The monoisotopic (exact) mass is 293 g/mol. The summed E-state index contributed by atoms with van der Waals surface area (Å²) in [5.74, 6) is 0.676. The van der Waals surface area contributed by atoms with E-state index < -0.39 is 0 Å². The van der Waals surface area contributed by atoms with Crippen molar-refractivity contribution in [2.24, 2.45) is 0 Å². The molecule has 3 N–H and O–H groups in total. The summed E-state index contributed by atoms with van der Waals surface area (Å²) in [5.41, 5.74) is 7.22. The lowest BCUT2D eigenvalue weighted by molar-refractivity contribution is -0.116. The molecule has 5 nitrogen and oxygen atoms in total. The third-order valence-corrected chi connectivity index (χ3v) is 3.65. The van der Waals surface area contributed by atoms with Crippen molar-refractivity contribution in [3.05, 3.63) is 12.1 Å². The molecule has 1 amide bonds. The van der Waals surface area contributed by atoms with Gasteiger partial charge in [-0.25, -0.2) is 4.98 Å². The molecule has 0 unspecified atom stereocenters. The van der Waals surface area contributed by atoms with Gasteiger partial charge in [0.05, 0.1) is 11.3 Å². The van der Waals surface area contributed by atoms with Gasteiger partial charge >= 0.3 is 0 Å². The fourth-order valence-corrected chi connectivity index (χ4v) is 2.71. The van der Waals surface area contributed by atoms with E-state index in [1.807, 2.05) is 13.0 Å². The van der Waals surface area contributed by atoms with E-state index in [9.17, 15) is 4.79 Å². The van der Waals surface area contributed by atoms with Gasteiger partial charge < -0.3 is 15.8 Å². The van der Waals surface area contributed by atoms with Gasteiger partial charge in [0.2, 0.25) is 5.91 Å². The predicted octanol–water partition coefficient (Wildman–Crippen LogP) is 3.41. The van der Waals surface area contributed by atoms with Crippen LogP contribution in [-0.4, -0.2) is 17.5 Å². The number of carbonyl (C=O) groups is 1. The standard InChI is InChI=1S/C14H19N3O2S/c1-3-5-6-12(18)16-9-7-10(19-4-2)13-11(8-9)20-14(15)17-13/h7-8H,3-6H2,1-2H3,(H2,15,17)(H,16,18). The fourth-order valence-electron chi connectivity index (χ4n) is 1.91. The van der Waals surface area contributed by atoms with E-state index in [0.29, 0.717) is 23.9 Å². The number of hydrogen-bond donors (Lipinski definition) is 2. The molecule has 0 radical (unpaired) electrons. The van der Waals surface area contributed by atoms with E-state index in [2.05, 4.69) is 17.2 Å². The van der Waals surface area contributed by atoms with E-state index >= 15 is 0 Å². The Labute approximate surface area is 122 Å². The van der Waals surface area contributed by atoms with Crippen LogP contribution in [0.3, 0.4) is 0 Å². The summed E-state index contributed by atoms with van der Waals surface area (Å²) in [6.07, 6.45) is 2.42. The molecule has 0 saturated heterocycles. The first-order chi connectivity index (χ1) is 9.63. The first-order valence-electron chi connectivity index (χ1n) is 6.76. The SMILES string of the molecule is CCCCC(=O)Nc1cc(OCC)c2nc(N)sc2c1. The van der Waals surface area contributed by atoms with E-state index in [0.717, 1.165) is 28.7 Å². The van der Waals surface area contributed by atoms with Crippen molar-refractivity contribution < 1.29 is 9.53 Å². The quantitative estimate of drug-likeness (QED) is 0.855. The van der Waals surface area contributed by atoms with Gasteiger partial charge in [-0.3, -0.25) is 4.79 Å². The number of aromatic nitrogens is 1. The van der Waals surface area contributed by atoms with E-state index in [1.54, 1.807) is 6.07 Å². The van der Waals surface area contributed by atoms with Crippen molar-refractivity contribution in [1.29, 1.82) is 0 Å². The molecule has 6 heteroatoms. The van der Waals surface area contributed by atoms with Gasteiger partial charge in [0.25, 0.3) is 0 Å². The largest absolute Gasteiger partial charge is 0.491 e. The number of nitrogens with zero attached hydrogens (tertiary/aromatic N) is 1. The Balaban J connectivity index is 2.27. The molecule has 20 heavy (non-hydrogen) atoms. The molecule has 1 heterocycles. The van der Waals surface area contributed by atoms with Gasteiger partial charge in [-0.2, -0.15) is 0 Å². The predicted molar refractivity (Wildman–Crippen MR) is 83.4 cm³/mol. The number of nitrogen functional groups attached to an aromatic ring is 1. The molecule has 0 atom stereocenters. The molecule has 0 aliphatic rings. The summed E-state index contributed by atoms with van der Waals surface area (Å²) in [5, 5.41) is 3.39. The average molecular weight is 293 g/mol. The number of hydrogen-bond acceptors (Lipinski definition) is 5. The van der Waals surface area contributed by atoms with Gasteiger partial charge in [-0.1, -0.05) is 24.7 Å². The van der Waals surface area contributed by atoms with Crippen molar-refractivity contribution in [2.75, 3.05) is 17.7 Å². The maximum atomic E-state index is 11.8. The minimum Gasteiger partial charge on any atom is -0.491 e. The summed E-state index contributed by atoms with van der Waals surface area (Å²) in [7, 11) is 0. The second kappa shape index (κ2) is 6.56. The Morgan fingerprint density at radius 3 is 2.95 bits per heavy atom. The zero-order valence-electron chi connectivity index (χ0n) is 11.7. The minimum absolute atomic E-state index is 0.0196. The smallest absolute Gasteiger partial charge is 0.224 e. The van der Waals surface area contributed by atoms with Crippen LogP contribution in [-0.2, 0) is 4.79 Å². The van der Waals surface area contributed by atoms with Crippen LogP contribution >= 0.6 is 11.3 Å². The molecule has 2 aromatic rings. The molecule has 108 valence electrons. The molecule has 1 aromatic carbocycles. The van der Waals surface area contributed by atoms with Crippen molar-refractivity contribution in [1.82, 2.24) is 4.98 Å². The topological polar surface area (TPSA) is 77.2 Å². The highest BCUT2D eigenvalue weighted by atomic mass is 32.1. The highest BCUT2D eigenvalue weighted by Crippen LogP contribution is 2.34. The summed E-state index contributed by atoms with van der Waals surface area (Å²) in [6.45, 7) is 4.51. The lowest BCUT2D eigenvalue weighted by Crippen LogP contribution is -2.11. The number of fused-ring (bicyclic) bond motifs is 1. The van der Waals surface area contributed by atoms with Gasteiger partial charge in [0, 0.05) is 18.2 Å². The van der Waals surface area contributed by atoms with E-state index in [-0.39, 0.29) is 5.91 Å². The molecule has 0 spiro atoms. The number of ether oxygens (including phenoxy) is 1. The Morgan fingerprint density at radius 2 is 2.25 bits per heavy atom. The first kappa shape index (κ1) is 14.6. The highest BCUT2D eigenvalue weighted by molar-refractivity contribution is 7.22. The van der Waals surface area contributed by atoms with Crippen molar-refractivity contribution >= 4 is 38.3 Å². The maximum absolute atomic E-state index is 11.8. The first-order valence-corrected chi connectivity index (χ1v) is 7.58. The van der Waals surface area contributed by atoms with Crippen LogP contribution in [0.4, 0.5) is 10.8 Å². The molecule has 1 aromatic heterocycles. The van der Waals surface area contributed by atoms with Gasteiger partial charge in [-0.05, 0) is 19.4 Å². The minimum atomic E-state index is 0.0196. The van der Waals surface area contributed by atoms with Crippen LogP contribution in [0, 0.1) is 0 Å². The number of unbranched alkanes of at least 4 members (excludes halogenated alkanes) is 1. The second-order valence-electron chi connectivity index (χ2n) is 4.46. The molecule has 0 aliphatic carbocycles. The number of thiazole rings is 1. The third-order valence-electron chi connectivity index (χ3n) is 2.82. The Morgan fingerprint density at radius 1 is 1.45 bits per heavy atom. The van der Waals surface area contributed by atoms with E-state index in [1.165, 1.54) is 11.3 Å². The zero-order chi connectivity index (χ0) is 14.5. The van der Waals surface area contributed by atoms with Gasteiger partial charge in [0.1, 0.15) is 11.3 Å². The normalized spacial score (nSPS) is 10.7. The second-order valence-corrected chi connectivity index (χ2v) is 5.52. The number of anilines is 2. The Bertz CT molecular complexity index is 610. The average Bonchev–Trinajstić information content (AvgIpc) is 2.77. The van der Waals surface area contributed by atoms with Gasteiger partial charge in [0.15, 0.2) is 5.13 Å². The van der Waals surface area contributed by atoms with Crippen LogP contribution < -0.4 is 15.8 Å². The lowest BCUT2D eigenvalue weighted by Gasteiger charge is -2.09. The molecule has 0 aliphatic heterocycles. The lowest BCUT2D eigenvalue weighted by atomic mass is 10.2. The zero-order valence-corrected chi connectivity index (χ0v) is 12.5. The number of amides is 1. The van der Waals surface area contributed by atoms with Gasteiger partial charge in [-0.15, -0.1) is 0 Å². The molecule has 0 bridgehead atoms. The highest BCUT2D eigenvalue weighted by Gasteiger charge is 2.11. The number of nitrogens with one attached hydrogen (secondary N) is 1.